The Morgan fingerprint density at radius 2 is 2.00 bits per heavy atom. The maximum atomic E-state index is 13.3. The van der Waals surface area contributed by atoms with E-state index in [-0.39, 0.29) is 18.1 Å². The van der Waals surface area contributed by atoms with Crippen molar-refractivity contribution in [1.82, 2.24) is 15.0 Å². The highest BCUT2D eigenvalue weighted by molar-refractivity contribution is 5.76. The van der Waals surface area contributed by atoms with Gasteiger partial charge in [-0.05, 0) is 48.9 Å². The Bertz CT molecular complexity index is 925. The lowest BCUT2D eigenvalue weighted by atomic mass is 10.2. The summed E-state index contributed by atoms with van der Waals surface area (Å²) in [4.78, 5) is 18.5. The van der Waals surface area contributed by atoms with Gasteiger partial charge in [0.05, 0.1) is 7.11 Å². The Morgan fingerprint density at radius 3 is 2.68 bits per heavy atom. The summed E-state index contributed by atoms with van der Waals surface area (Å²) in [6, 6.07) is 13.6. The highest BCUT2D eigenvalue weighted by Crippen LogP contribution is 2.20. The number of nitrogens with zero attached hydrogens (tertiary/aromatic N) is 3. The summed E-state index contributed by atoms with van der Waals surface area (Å²) in [5, 5.41) is 3.97. The molecule has 0 aliphatic carbocycles. The van der Waals surface area contributed by atoms with E-state index < -0.39 is 0 Å². The van der Waals surface area contributed by atoms with Crippen LogP contribution in [-0.4, -0.2) is 34.6 Å². The largest absolute Gasteiger partial charge is 0.497 e. The minimum atomic E-state index is -0.307. The second-order valence-corrected chi connectivity index (χ2v) is 6.28. The minimum absolute atomic E-state index is 0.0454. The zero-order valence-electron chi connectivity index (χ0n) is 15.9. The number of aryl methyl sites for hydroxylation is 1. The van der Waals surface area contributed by atoms with Crippen LogP contribution in [0.25, 0.3) is 11.4 Å². The van der Waals surface area contributed by atoms with Crippen LogP contribution in [-0.2, 0) is 17.8 Å². The molecule has 0 atom stereocenters. The van der Waals surface area contributed by atoms with E-state index in [1.807, 2.05) is 31.2 Å². The summed E-state index contributed by atoms with van der Waals surface area (Å²) in [5.41, 5.74) is 1.57. The SMILES string of the molecule is CCN(Cc1cccc(F)c1)C(=O)CCc1nc(-c2ccc(OC)cc2)no1. The highest BCUT2D eigenvalue weighted by atomic mass is 19.1. The van der Waals surface area contributed by atoms with Crippen LogP contribution in [0.4, 0.5) is 4.39 Å². The molecule has 0 spiro atoms. The lowest BCUT2D eigenvalue weighted by Crippen LogP contribution is -2.30. The first-order valence-corrected chi connectivity index (χ1v) is 9.08. The number of ether oxygens (including phenoxy) is 1. The van der Waals surface area contributed by atoms with E-state index in [9.17, 15) is 9.18 Å². The summed E-state index contributed by atoms with van der Waals surface area (Å²) in [5.74, 6) is 1.27. The third-order valence-corrected chi connectivity index (χ3v) is 4.37. The first-order chi connectivity index (χ1) is 13.6. The molecule has 0 unspecified atom stereocenters. The summed E-state index contributed by atoms with van der Waals surface area (Å²) >= 11 is 0. The van der Waals surface area contributed by atoms with Crippen LogP contribution >= 0.6 is 0 Å². The molecule has 6 nitrogen and oxygen atoms in total. The van der Waals surface area contributed by atoms with Crippen molar-refractivity contribution in [2.45, 2.75) is 26.3 Å². The minimum Gasteiger partial charge on any atom is -0.497 e. The monoisotopic (exact) mass is 383 g/mol. The molecule has 7 heteroatoms. The third-order valence-electron chi connectivity index (χ3n) is 4.37. The van der Waals surface area contributed by atoms with E-state index >= 15 is 0 Å². The summed E-state index contributed by atoms with van der Waals surface area (Å²) < 4.78 is 23.7. The maximum Gasteiger partial charge on any atom is 0.227 e. The molecular formula is C21H22FN3O3. The van der Waals surface area contributed by atoms with Crippen molar-refractivity contribution >= 4 is 5.91 Å². The average Bonchev–Trinajstić information content (AvgIpc) is 3.19. The molecule has 146 valence electrons. The molecule has 0 bridgehead atoms. The molecule has 0 aliphatic rings. The summed E-state index contributed by atoms with van der Waals surface area (Å²) in [6.45, 7) is 2.80. The number of hydrogen-bond donors (Lipinski definition) is 0. The lowest BCUT2D eigenvalue weighted by Gasteiger charge is -2.20. The molecule has 3 aromatic rings. The van der Waals surface area contributed by atoms with Crippen LogP contribution in [0.2, 0.25) is 0 Å². The number of rotatable bonds is 8. The first kappa shape index (κ1) is 19.5. The molecule has 1 heterocycles. The van der Waals surface area contributed by atoms with E-state index in [1.165, 1.54) is 12.1 Å². The molecular weight excluding hydrogens is 361 g/mol. The number of hydrogen-bond acceptors (Lipinski definition) is 5. The zero-order valence-corrected chi connectivity index (χ0v) is 15.9. The third kappa shape index (κ3) is 4.94. The van der Waals surface area contributed by atoms with Crippen molar-refractivity contribution in [1.29, 1.82) is 0 Å². The second-order valence-electron chi connectivity index (χ2n) is 6.28. The molecule has 0 fully saturated rings. The maximum absolute atomic E-state index is 13.3. The predicted molar refractivity (Wildman–Crippen MR) is 102 cm³/mol. The van der Waals surface area contributed by atoms with E-state index in [0.717, 1.165) is 16.9 Å². The Balaban J connectivity index is 1.58. The lowest BCUT2D eigenvalue weighted by molar-refractivity contribution is -0.131. The Hall–Kier alpha value is -3.22. The van der Waals surface area contributed by atoms with Crippen molar-refractivity contribution < 1.29 is 18.4 Å². The molecule has 0 saturated heterocycles. The van der Waals surface area contributed by atoms with E-state index in [1.54, 1.807) is 24.1 Å². The predicted octanol–water partition coefficient (Wildman–Crippen LogP) is 3.87. The molecule has 28 heavy (non-hydrogen) atoms. The number of halogens is 1. The quantitative estimate of drug-likeness (QED) is 0.591. The van der Waals surface area contributed by atoms with Gasteiger partial charge in [0, 0.05) is 31.5 Å². The van der Waals surface area contributed by atoms with Crippen LogP contribution in [0.15, 0.2) is 53.1 Å². The smallest absolute Gasteiger partial charge is 0.227 e. The topological polar surface area (TPSA) is 68.5 Å². The van der Waals surface area contributed by atoms with E-state index in [4.69, 9.17) is 9.26 Å². The van der Waals surface area contributed by atoms with Crippen molar-refractivity contribution in [2.75, 3.05) is 13.7 Å². The van der Waals surface area contributed by atoms with Gasteiger partial charge in [0.1, 0.15) is 11.6 Å². The molecule has 0 aliphatic heterocycles. The van der Waals surface area contributed by atoms with E-state index in [0.29, 0.717) is 31.2 Å². The fourth-order valence-electron chi connectivity index (χ4n) is 2.82. The molecule has 2 aromatic carbocycles. The molecule has 1 amide bonds. The van der Waals surface area contributed by atoms with Gasteiger partial charge >= 0.3 is 0 Å². The Kier molecular flexibility index (Phi) is 6.37. The van der Waals surface area contributed by atoms with Gasteiger partial charge in [0.25, 0.3) is 0 Å². The zero-order chi connectivity index (χ0) is 19.9. The number of methoxy groups -OCH3 is 1. The first-order valence-electron chi connectivity index (χ1n) is 9.08. The average molecular weight is 383 g/mol. The van der Waals surface area contributed by atoms with Gasteiger partial charge < -0.3 is 14.2 Å². The van der Waals surface area contributed by atoms with Gasteiger partial charge in [-0.2, -0.15) is 4.98 Å². The van der Waals surface area contributed by atoms with Gasteiger partial charge in [-0.25, -0.2) is 4.39 Å². The van der Waals surface area contributed by atoms with Crippen LogP contribution in [0.3, 0.4) is 0 Å². The van der Waals surface area contributed by atoms with Gasteiger partial charge in [-0.15, -0.1) is 0 Å². The standard InChI is InChI=1S/C21H22FN3O3/c1-3-25(14-15-5-4-6-17(22)13-15)20(26)12-11-19-23-21(24-28-19)16-7-9-18(27-2)10-8-16/h4-10,13H,3,11-12,14H2,1-2H3. The number of aromatic nitrogens is 2. The molecule has 0 N–H and O–H groups in total. The van der Waals surface area contributed by atoms with Crippen molar-refractivity contribution in [3.8, 4) is 17.1 Å². The van der Waals surface area contributed by atoms with Crippen molar-refractivity contribution in [3.05, 3.63) is 65.8 Å². The van der Waals surface area contributed by atoms with E-state index in [2.05, 4.69) is 10.1 Å². The van der Waals surface area contributed by atoms with Crippen LogP contribution in [0.5, 0.6) is 5.75 Å². The number of amides is 1. The van der Waals surface area contributed by atoms with Crippen molar-refractivity contribution in [2.24, 2.45) is 0 Å². The molecule has 1 aromatic heterocycles. The molecule has 0 saturated carbocycles. The summed E-state index contributed by atoms with van der Waals surface area (Å²) in [7, 11) is 1.60. The number of benzene rings is 2. The van der Waals surface area contributed by atoms with Gasteiger partial charge in [0.2, 0.25) is 17.6 Å². The van der Waals surface area contributed by atoms with Crippen LogP contribution in [0, 0.1) is 5.82 Å². The molecule has 0 radical (unpaired) electrons. The van der Waals surface area contributed by atoms with Gasteiger partial charge in [0.15, 0.2) is 0 Å². The Morgan fingerprint density at radius 1 is 1.21 bits per heavy atom. The second kappa shape index (κ2) is 9.12. The molecule has 3 rings (SSSR count). The number of carbonyl (C=O) groups is 1. The van der Waals surface area contributed by atoms with Gasteiger partial charge in [-0.3, -0.25) is 4.79 Å². The van der Waals surface area contributed by atoms with Crippen LogP contribution < -0.4 is 4.74 Å². The fourth-order valence-corrected chi connectivity index (χ4v) is 2.82. The van der Waals surface area contributed by atoms with Crippen molar-refractivity contribution in [3.63, 3.8) is 0 Å². The number of carbonyl (C=O) groups excluding carboxylic acids is 1. The Labute approximate surface area is 162 Å². The van der Waals surface area contributed by atoms with Crippen LogP contribution in [0.1, 0.15) is 24.8 Å². The normalized spacial score (nSPS) is 10.7. The van der Waals surface area contributed by atoms with Gasteiger partial charge in [-0.1, -0.05) is 17.3 Å². The summed E-state index contributed by atoms with van der Waals surface area (Å²) in [6.07, 6.45) is 0.592. The highest BCUT2D eigenvalue weighted by Gasteiger charge is 2.15. The fraction of sp³-hybridized carbons (Fsp3) is 0.286.